The van der Waals surface area contributed by atoms with Crippen LogP contribution in [0.5, 0.6) is 0 Å². The van der Waals surface area contributed by atoms with Gasteiger partial charge in [-0.1, -0.05) is 42.0 Å². The lowest BCUT2D eigenvalue weighted by molar-refractivity contribution is -0.121. The molecule has 3 rings (SSSR count). The van der Waals surface area contributed by atoms with Crippen LogP contribution in [0.25, 0.3) is 6.08 Å². The summed E-state index contributed by atoms with van der Waals surface area (Å²) in [6, 6.07) is 7.89. The molecule has 3 nitrogen and oxygen atoms in total. The lowest BCUT2D eigenvalue weighted by atomic mass is 9.89. The molecule has 0 aliphatic carbocycles. The molecule has 0 fully saturated rings. The van der Waals surface area contributed by atoms with Crippen LogP contribution < -0.4 is 5.32 Å². The average Bonchev–Trinajstić information content (AvgIpc) is 2.95. The summed E-state index contributed by atoms with van der Waals surface area (Å²) < 4.78 is 0. The first-order chi connectivity index (χ1) is 10.6. The van der Waals surface area contributed by atoms with Crippen LogP contribution in [-0.2, 0) is 9.59 Å². The quantitative estimate of drug-likeness (QED) is 0.688. The van der Waals surface area contributed by atoms with Crippen molar-refractivity contribution < 1.29 is 9.59 Å². The van der Waals surface area contributed by atoms with E-state index < -0.39 is 0 Å². The third kappa shape index (κ3) is 2.79. The predicted octanol–water partition coefficient (Wildman–Crippen LogP) is 3.23. The van der Waals surface area contributed by atoms with E-state index in [2.05, 4.69) is 5.32 Å². The summed E-state index contributed by atoms with van der Waals surface area (Å²) >= 11 is 1.58. The Balaban J connectivity index is 1.84. The molecule has 0 bridgehead atoms. The van der Waals surface area contributed by atoms with Gasteiger partial charge in [-0.05, 0) is 36.5 Å². The summed E-state index contributed by atoms with van der Waals surface area (Å²) in [4.78, 5) is 24.6. The summed E-state index contributed by atoms with van der Waals surface area (Å²) in [5.41, 5.74) is 3.25. The van der Waals surface area contributed by atoms with Crippen molar-refractivity contribution in [1.82, 2.24) is 5.32 Å². The van der Waals surface area contributed by atoms with E-state index in [1.54, 1.807) is 17.8 Å². The van der Waals surface area contributed by atoms with E-state index >= 15 is 0 Å². The zero-order valence-electron chi connectivity index (χ0n) is 12.5. The van der Waals surface area contributed by atoms with E-state index in [9.17, 15) is 9.59 Å². The molecule has 2 unspecified atom stereocenters. The molecule has 22 heavy (non-hydrogen) atoms. The molecule has 2 aliphatic heterocycles. The van der Waals surface area contributed by atoms with Crippen molar-refractivity contribution in [2.45, 2.75) is 19.2 Å². The number of aryl methyl sites for hydroxylation is 1. The molecule has 0 saturated heterocycles. The molecule has 2 atom stereocenters. The Labute approximate surface area is 134 Å². The third-order valence-electron chi connectivity index (χ3n) is 3.98. The van der Waals surface area contributed by atoms with Gasteiger partial charge >= 0.3 is 0 Å². The summed E-state index contributed by atoms with van der Waals surface area (Å²) in [6.45, 7) is 3.89. The van der Waals surface area contributed by atoms with Gasteiger partial charge in [-0.3, -0.25) is 9.59 Å². The van der Waals surface area contributed by atoms with E-state index in [1.807, 2.05) is 49.6 Å². The van der Waals surface area contributed by atoms with Crippen LogP contribution >= 0.6 is 11.8 Å². The first-order valence-electron chi connectivity index (χ1n) is 7.19. The van der Waals surface area contributed by atoms with Crippen molar-refractivity contribution in [3.63, 3.8) is 0 Å². The van der Waals surface area contributed by atoms with Gasteiger partial charge in [-0.15, -0.1) is 11.8 Å². The fourth-order valence-electron chi connectivity index (χ4n) is 2.68. The van der Waals surface area contributed by atoms with Crippen molar-refractivity contribution in [1.29, 1.82) is 0 Å². The highest BCUT2D eigenvalue weighted by Gasteiger charge is 2.36. The average molecular weight is 311 g/mol. The van der Waals surface area contributed by atoms with E-state index in [-0.39, 0.29) is 28.6 Å². The molecule has 112 valence electrons. The number of rotatable bonds is 3. The minimum atomic E-state index is -0.270. The van der Waals surface area contributed by atoms with E-state index in [0.717, 1.165) is 11.1 Å². The van der Waals surface area contributed by atoms with Gasteiger partial charge in [0.15, 0.2) is 5.78 Å². The van der Waals surface area contributed by atoms with Crippen LogP contribution in [0.4, 0.5) is 0 Å². The Morgan fingerprint density at radius 2 is 1.95 bits per heavy atom. The number of fused-ring (bicyclic) bond motifs is 1. The van der Waals surface area contributed by atoms with Crippen molar-refractivity contribution in [2.24, 2.45) is 5.92 Å². The monoisotopic (exact) mass is 311 g/mol. The van der Waals surface area contributed by atoms with E-state index in [1.165, 1.54) is 11.6 Å². The molecule has 0 radical (unpaired) electrons. The Morgan fingerprint density at radius 3 is 2.68 bits per heavy atom. The van der Waals surface area contributed by atoms with Gasteiger partial charge in [0, 0.05) is 5.92 Å². The lowest BCUT2D eigenvalue weighted by Crippen LogP contribution is -2.43. The third-order valence-corrected chi connectivity index (χ3v) is 5.00. The normalized spacial score (nSPS) is 23.8. The lowest BCUT2D eigenvalue weighted by Gasteiger charge is -2.27. The number of allylic oxidation sites excluding steroid dienone is 1. The highest BCUT2D eigenvalue weighted by atomic mass is 32.2. The summed E-state index contributed by atoms with van der Waals surface area (Å²) in [7, 11) is 0. The zero-order chi connectivity index (χ0) is 15.7. The number of nitrogens with one attached hydrogen (secondary N) is 1. The molecule has 0 aromatic heterocycles. The van der Waals surface area contributed by atoms with Gasteiger partial charge in [0.25, 0.3) is 5.91 Å². The first-order valence-corrected chi connectivity index (χ1v) is 8.13. The number of ketones is 1. The summed E-state index contributed by atoms with van der Waals surface area (Å²) in [5.74, 6) is -0.387. The second-order valence-electron chi connectivity index (χ2n) is 5.55. The molecule has 4 heteroatoms. The SMILES string of the molecule is CC1=C(C(=O)C=Cc2ccc(C)cc2)C(=O)NC2SC=CC12. The van der Waals surface area contributed by atoms with Gasteiger partial charge in [0.05, 0.1) is 10.9 Å². The molecule has 2 aliphatic rings. The smallest absolute Gasteiger partial charge is 0.256 e. The maximum atomic E-state index is 12.4. The van der Waals surface area contributed by atoms with Gasteiger partial charge < -0.3 is 5.32 Å². The number of hydrogen-bond donors (Lipinski definition) is 1. The Kier molecular flexibility index (Phi) is 4.03. The fourth-order valence-corrected chi connectivity index (χ4v) is 3.75. The van der Waals surface area contributed by atoms with Crippen molar-refractivity contribution in [3.8, 4) is 0 Å². The van der Waals surface area contributed by atoms with E-state index in [0.29, 0.717) is 0 Å². The van der Waals surface area contributed by atoms with Crippen molar-refractivity contribution >= 4 is 29.5 Å². The van der Waals surface area contributed by atoms with E-state index in [4.69, 9.17) is 0 Å². The van der Waals surface area contributed by atoms with Gasteiger partial charge in [0.2, 0.25) is 0 Å². The number of carbonyl (C=O) groups excluding carboxylic acids is 2. The molecule has 1 N–H and O–H groups in total. The molecule has 0 spiro atoms. The van der Waals surface area contributed by atoms with Crippen LogP contribution in [0.3, 0.4) is 0 Å². The highest BCUT2D eigenvalue weighted by Crippen LogP contribution is 2.37. The standard InChI is InChI=1S/C18H17NO2S/c1-11-3-5-13(6-4-11)7-8-15(20)16-12(2)14-9-10-22-18(14)19-17(16)21/h3-10,14,18H,1-2H3,(H,19,21). The maximum Gasteiger partial charge on any atom is 0.256 e. The van der Waals surface area contributed by atoms with Crippen LogP contribution in [0, 0.1) is 12.8 Å². The second kappa shape index (κ2) is 5.97. The molecular formula is C18H17NO2S. The van der Waals surface area contributed by atoms with Gasteiger partial charge in [0.1, 0.15) is 0 Å². The summed E-state index contributed by atoms with van der Waals surface area (Å²) in [5, 5.41) is 4.91. The molecule has 0 saturated carbocycles. The van der Waals surface area contributed by atoms with Crippen LogP contribution in [0.1, 0.15) is 18.1 Å². The van der Waals surface area contributed by atoms with Crippen LogP contribution in [0.2, 0.25) is 0 Å². The van der Waals surface area contributed by atoms with Crippen molar-refractivity contribution in [2.75, 3.05) is 0 Å². The minimum absolute atomic E-state index is 0.0325. The summed E-state index contributed by atoms with van der Waals surface area (Å²) in [6.07, 6.45) is 5.27. The number of carbonyl (C=O) groups is 2. The largest absolute Gasteiger partial charge is 0.339 e. The maximum absolute atomic E-state index is 12.4. The Morgan fingerprint density at radius 1 is 1.23 bits per heavy atom. The van der Waals surface area contributed by atoms with Gasteiger partial charge in [-0.25, -0.2) is 0 Å². The fraction of sp³-hybridized carbons (Fsp3) is 0.222. The zero-order valence-corrected chi connectivity index (χ0v) is 13.3. The predicted molar refractivity (Wildman–Crippen MR) is 90.1 cm³/mol. The molecule has 1 amide bonds. The van der Waals surface area contributed by atoms with Gasteiger partial charge in [-0.2, -0.15) is 0 Å². The van der Waals surface area contributed by atoms with Crippen molar-refractivity contribution in [3.05, 3.63) is 64.1 Å². The number of amides is 1. The Bertz CT molecular complexity index is 713. The molecular weight excluding hydrogens is 294 g/mol. The number of hydrogen-bond acceptors (Lipinski definition) is 3. The van der Waals surface area contributed by atoms with Crippen LogP contribution in [-0.4, -0.2) is 17.1 Å². The first kappa shape index (κ1) is 14.9. The number of benzene rings is 1. The highest BCUT2D eigenvalue weighted by molar-refractivity contribution is 8.03. The molecule has 1 aromatic carbocycles. The number of thioether (sulfide) groups is 1. The topological polar surface area (TPSA) is 46.2 Å². The molecule has 2 heterocycles. The molecule has 1 aromatic rings. The minimum Gasteiger partial charge on any atom is -0.339 e. The van der Waals surface area contributed by atoms with Crippen LogP contribution in [0.15, 0.2) is 53.0 Å². The Hall–Kier alpha value is -2.07. The second-order valence-corrected chi connectivity index (χ2v) is 6.60.